The Kier molecular flexibility index (Phi) is 3.73. The SMILES string of the molecule is COc1cc(-c2ccc(N3CC4CCC(C3)N4)nc2)cn2ncc(C#N)c12. The highest BCUT2D eigenvalue weighted by Crippen LogP contribution is 2.30. The van der Waals surface area contributed by atoms with Gasteiger partial charge in [-0.25, -0.2) is 9.50 Å². The minimum absolute atomic E-state index is 0.500. The average molecular weight is 360 g/mol. The van der Waals surface area contributed by atoms with E-state index in [4.69, 9.17) is 9.72 Å². The summed E-state index contributed by atoms with van der Waals surface area (Å²) in [4.78, 5) is 7.08. The number of hydrogen-bond donors (Lipinski definition) is 1. The van der Waals surface area contributed by atoms with Gasteiger partial charge in [-0.2, -0.15) is 10.4 Å². The van der Waals surface area contributed by atoms with E-state index in [0.717, 1.165) is 30.0 Å². The van der Waals surface area contributed by atoms with Gasteiger partial charge in [0.05, 0.1) is 13.3 Å². The molecule has 0 saturated carbocycles. The second kappa shape index (κ2) is 6.25. The lowest BCUT2D eigenvalue weighted by Gasteiger charge is -2.33. The van der Waals surface area contributed by atoms with E-state index in [1.807, 2.05) is 18.5 Å². The van der Waals surface area contributed by atoms with Gasteiger partial charge in [-0.3, -0.25) is 0 Å². The molecule has 0 aromatic carbocycles. The van der Waals surface area contributed by atoms with Crippen molar-refractivity contribution in [3.63, 3.8) is 0 Å². The Bertz CT molecular complexity index is 1020. The van der Waals surface area contributed by atoms with Crippen LogP contribution in [-0.2, 0) is 0 Å². The van der Waals surface area contributed by atoms with Gasteiger partial charge < -0.3 is 15.0 Å². The van der Waals surface area contributed by atoms with Crippen LogP contribution in [-0.4, -0.2) is 46.9 Å². The molecule has 5 rings (SSSR count). The van der Waals surface area contributed by atoms with E-state index in [2.05, 4.69) is 33.5 Å². The molecule has 2 fully saturated rings. The predicted molar refractivity (Wildman–Crippen MR) is 102 cm³/mol. The summed E-state index contributed by atoms with van der Waals surface area (Å²) in [7, 11) is 1.60. The highest BCUT2D eigenvalue weighted by Gasteiger charge is 2.32. The predicted octanol–water partition coefficient (Wildman–Crippen LogP) is 2.22. The van der Waals surface area contributed by atoms with Crippen molar-refractivity contribution in [2.75, 3.05) is 25.1 Å². The number of hydrogen-bond acceptors (Lipinski definition) is 6. The Hall–Kier alpha value is -3.11. The van der Waals surface area contributed by atoms with Crippen LogP contribution in [0.25, 0.3) is 16.6 Å². The third kappa shape index (κ3) is 2.69. The number of fused-ring (bicyclic) bond motifs is 3. The summed E-state index contributed by atoms with van der Waals surface area (Å²) in [6.45, 7) is 2.04. The minimum Gasteiger partial charge on any atom is -0.494 e. The molecule has 3 aromatic rings. The molecule has 5 heterocycles. The van der Waals surface area contributed by atoms with E-state index in [0.29, 0.717) is 28.9 Å². The van der Waals surface area contributed by atoms with E-state index >= 15 is 0 Å². The van der Waals surface area contributed by atoms with Crippen LogP contribution in [0.5, 0.6) is 5.75 Å². The third-order valence-electron chi connectivity index (χ3n) is 5.54. The largest absolute Gasteiger partial charge is 0.494 e. The number of ether oxygens (including phenoxy) is 1. The van der Waals surface area contributed by atoms with E-state index in [1.165, 1.54) is 12.8 Å². The number of anilines is 1. The highest BCUT2D eigenvalue weighted by molar-refractivity contribution is 5.75. The molecule has 0 radical (unpaired) electrons. The summed E-state index contributed by atoms with van der Waals surface area (Å²) in [5, 5.41) is 17.2. The fraction of sp³-hybridized carbons (Fsp3) is 0.350. The molecule has 1 N–H and O–H groups in total. The quantitative estimate of drug-likeness (QED) is 0.772. The van der Waals surface area contributed by atoms with Gasteiger partial charge in [0.25, 0.3) is 0 Å². The van der Waals surface area contributed by atoms with Crippen molar-refractivity contribution in [2.45, 2.75) is 24.9 Å². The fourth-order valence-electron chi connectivity index (χ4n) is 4.21. The van der Waals surface area contributed by atoms with Gasteiger partial charge in [-0.1, -0.05) is 0 Å². The van der Waals surface area contributed by atoms with Crippen LogP contribution in [0.2, 0.25) is 0 Å². The molecular weight excluding hydrogens is 340 g/mol. The normalized spacial score (nSPS) is 21.4. The molecule has 0 aliphatic carbocycles. The maximum absolute atomic E-state index is 9.25. The van der Waals surface area contributed by atoms with Crippen LogP contribution in [0.3, 0.4) is 0 Å². The van der Waals surface area contributed by atoms with Crippen molar-refractivity contribution in [2.24, 2.45) is 0 Å². The number of nitrogens with zero attached hydrogens (tertiary/aromatic N) is 5. The Balaban J connectivity index is 1.47. The molecule has 27 heavy (non-hydrogen) atoms. The van der Waals surface area contributed by atoms with Crippen LogP contribution >= 0.6 is 0 Å². The van der Waals surface area contributed by atoms with E-state index in [-0.39, 0.29) is 0 Å². The van der Waals surface area contributed by atoms with Crippen LogP contribution in [0.15, 0.2) is 36.8 Å². The van der Waals surface area contributed by atoms with Gasteiger partial charge in [-0.05, 0) is 31.0 Å². The van der Waals surface area contributed by atoms with Crippen LogP contribution in [0.4, 0.5) is 5.82 Å². The van der Waals surface area contributed by atoms with Gasteiger partial charge in [0, 0.05) is 48.7 Å². The first kappa shape index (κ1) is 16.1. The molecule has 2 bridgehead atoms. The minimum atomic E-state index is 0.500. The lowest BCUT2D eigenvalue weighted by atomic mass is 10.1. The standard InChI is InChI=1S/C20H20N6O/c1-27-18-6-14(10-26-20(18)15(7-21)9-23-26)13-2-5-19(22-8-13)25-11-16-3-4-17(12-25)24-16/h2,5-6,8-10,16-17,24H,3-4,11-12H2,1H3. The molecule has 7 heteroatoms. The zero-order valence-corrected chi connectivity index (χ0v) is 15.1. The first-order chi connectivity index (χ1) is 13.2. The van der Waals surface area contributed by atoms with Crippen molar-refractivity contribution in [1.82, 2.24) is 19.9 Å². The first-order valence-electron chi connectivity index (χ1n) is 9.18. The second-order valence-electron chi connectivity index (χ2n) is 7.21. The summed E-state index contributed by atoms with van der Waals surface area (Å²) in [6, 6.07) is 9.43. The maximum atomic E-state index is 9.25. The third-order valence-corrected chi connectivity index (χ3v) is 5.54. The van der Waals surface area contributed by atoms with Crippen molar-refractivity contribution in [3.05, 3.63) is 42.4 Å². The topological polar surface area (TPSA) is 78.5 Å². The molecular formula is C20H20N6O. The van der Waals surface area contributed by atoms with Crippen molar-refractivity contribution in [3.8, 4) is 22.9 Å². The Labute approximate surface area is 157 Å². The number of rotatable bonds is 3. The number of aromatic nitrogens is 3. The summed E-state index contributed by atoms with van der Waals surface area (Å²) in [5.41, 5.74) is 3.13. The molecule has 2 saturated heterocycles. The summed E-state index contributed by atoms with van der Waals surface area (Å²) < 4.78 is 7.18. The average Bonchev–Trinajstić information content (AvgIpc) is 3.29. The monoisotopic (exact) mass is 360 g/mol. The molecule has 3 aromatic heterocycles. The molecule has 2 atom stereocenters. The molecule has 0 amide bonds. The van der Waals surface area contributed by atoms with E-state index < -0.39 is 0 Å². The van der Waals surface area contributed by atoms with Crippen LogP contribution < -0.4 is 15.0 Å². The van der Waals surface area contributed by atoms with Gasteiger partial charge in [0.2, 0.25) is 0 Å². The Morgan fingerprint density at radius 1 is 1.19 bits per heavy atom. The summed E-state index contributed by atoms with van der Waals surface area (Å²) >= 11 is 0. The smallest absolute Gasteiger partial charge is 0.146 e. The van der Waals surface area contributed by atoms with Crippen LogP contribution in [0.1, 0.15) is 18.4 Å². The molecule has 2 unspecified atom stereocenters. The summed E-state index contributed by atoms with van der Waals surface area (Å²) in [5.74, 6) is 1.65. The first-order valence-corrected chi connectivity index (χ1v) is 9.18. The van der Waals surface area contributed by atoms with E-state index in [1.54, 1.807) is 17.8 Å². The number of pyridine rings is 2. The van der Waals surface area contributed by atoms with Gasteiger partial charge in [-0.15, -0.1) is 0 Å². The molecule has 2 aliphatic rings. The number of nitriles is 1. The number of piperazine rings is 1. The van der Waals surface area contributed by atoms with Crippen molar-refractivity contribution in [1.29, 1.82) is 5.26 Å². The Morgan fingerprint density at radius 2 is 2.00 bits per heavy atom. The highest BCUT2D eigenvalue weighted by atomic mass is 16.5. The van der Waals surface area contributed by atoms with Crippen molar-refractivity contribution < 1.29 is 4.74 Å². The maximum Gasteiger partial charge on any atom is 0.146 e. The number of methoxy groups -OCH3 is 1. The van der Waals surface area contributed by atoms with Gasteiger partial charge >= 0.3 is 0 Å². The van der Waals surface area contributed by atoms with Gasteiger partial charge in [0.15, 0.2) is 0 Å². The lowest BCUT2D eigenvalue weighted by molar-refractivity contribution is 0.417. The molecule has 7 nitrogen and oxygen atoms in total. The molecule has 136 valence electrons. The second-order valence-corrected chi connectivity index (χ2v) is 7.21. The zero-order valence-electron chi connectivity index (χ0n) is 15.1. The summed E-state index contributed by atoms with van der Waals surface area (Å²) in [6.07, 6.45) is 7.87. The number of nitrogens with one attached hydrogen (secondary N) is 1. The Morgan fingerprint density at radius 3 is 2.67 bits per heavy atom. The zero-order chi connectivity index (χ0) is 18.4. The van der Waals surface area contributed by atoms with E-state index in [9.17, 15) is 5.26 Å². The molecule has 0 spiro atoms. The lowest BCUT2D eigenvalue weighted by Crippen LogP contribution is -2.51. The molecule has 2 aliphatic heterocycles. The van der Waals surface area contributed by atoms with Crippen LogP contribution in [0, 0.1) is 11.3 Å². The fourth-order valence-corrected chi connectivity index (χ4v) is 4.21. The van der Waals surface area contributed by atoms with Crippen molar-refractivity contribution >= 4 is 11.3 Å². The van der Waals surface area contributed by atoms with Gasteiger partial charge in [0.1, 0.15) is 28.7 Å².